The van der Waals surface area contributed by atoms with Gasteiger partial charge in [-0.15, -0.1) is 0 Å². The summed E-state index contributed by atoms with van der Waals surface area (Å²) >= 11 is 0. The van der Waals surface area contributed by atoms with Gasteiger partial charge in [-0.1, -0.05) is 13.3 Å². The van der Waals surface area contributed by atoms with Crippen LogP contribution >= 0.6 is 0 Å². The maximum atomic E-state index is 9.94. The van der Waals surface area contributed by atoms with E-state index in [0.29, 0.717) is 5.92 Å². The van der Waals surface area contributed by atoms with Crippen LogP contribution < -0.4 is 0 Å². The number of hydrogen-bond donors (Lipinski definition) is 2. The lowest BCUT2D eigenvalue weighted by Crippen LogP contribution is -2.39. The molecule has 1 saturated carbocycles. The summed E-state index contributed by atoms with van der Waals surface area (Å²) < 4.78 is 11.2. The van der Waals surface area contributed by atoms with Crippen molar-refractivity contribution in [3.05, 3.63) is 0 Å². The Morgan fingerprint density at radius 2 is 2.24 bits per heavy atom. The number of hydrogen-bond acceptors (Lipinski definition) is 4. The SMILES string of the molecule is [B]C1OC(CO)C(O)C1OC1(C)CC1CCC. The molecule has 1 aliphatic heterocycles. The van der Waals surface area contributed by atoms with E-state index in [1.807, 2.05) is 0 Å². The summed E-state index contributed by atoms with van der Waals surface area (Å²) in [7, 11) is 5.77. The summed E-state index contributed by atoms with van der Waals surface area (Å²) in [6.45, 7) is 3.97. The van der Waals surface area contributed by atoms with Gasteiger partial charge in [-0.05, 0) is 25.7 Å². The third-order valence-corrected chi connectivity index (χ3v) is 3.95. The first-order valence-corrected chi connectivity index (χ1v) is 6.39. The molecule has 2 fully saturated rings. The van der Waals surface area contributed by atoms with Crippen LogP contribution in [0.5, 0.6) is 0 Å². The van der Waals surface area contributed by atoms with Gasteiger partial charge in [0.2, 0.25) is 0 Å². The van der Waals surface area contributed by atoms with E-state index in [-0.39, 0.29) is 12.2 Å². The van der Waals surface area contributed by atoms with Crippen LogP contribution in [0.15, 0.2) is 0 Å². The molecule has 5 heteroatoms. The van der Waals surface area contributed by atoms with Crippen molar-refractivity contribution in [1.82, 2.24) is 0 Å². The van der Waals surface area contributed by atoms with Gasteiger partial charge in [-0.2, -0.15) is 0 Å². The zero-order chi connectivity index (χ0) is 12.6. The molecule has 4 nitrogen and oxygen atoms in total. The molecule has 17 heavy (non-hydrogen) atoms. The molecular weight excluding hydrogens is 219 g/mol. The summed E-state index contributed by atoms with van der Waals surface area (Å²) in [4.78, 5) is 0. The molecule has 0 aromatic carbocycles. The van der Waals surface area contributed by atoms with Crippen LogP contribution in [-0.4, -0.2) is 54.6 Å². The minimum atomic E-state index is -0.838. The normalized spacial score (nSPS) is 49.5. The Labute approximate surface area is 104 Å². The minimum Gasteiger partial charge on any atom is -0.394 e. The average Bonchev–Trinajstić information content (AvgIpc) is 2.84. The van der Waals surface area contributed by atoms with Crippen LogP contribution in [0.25, 0.3) is 0 Å². The molecule has 2 radical (unpaired) electrons. The second-order valence-electron chi connectivity index (χ2n) is 5.40. The quantitative estimate of drug-likeness (QED) is 0.674. The summed E-state index contributed by atoms with van der Waals surface area (Å²) in [6, 6.07) is -0.651. The van der Waals surface area contributed by atoms with Gasteiger partial charge in [-0.25, -0.2) is 0 Å². The highest BCUT2D eigenvalue weighted by atomic mass is 16.6. The molecule has 0 bridgehead atoms. The molecule has 0 aromatic rings. The van der Waals surface area contributed by atoms with Crippen LogP contribution in [0.3, 0.4) is 0 Å². The predicted molar refractivity (Wildman–Crippen MR) is 63.8 cm³/mol. The first kappa shape index (κ1) is 13.3. The van der Waals surface area contributed by atoms with E-state index < -0.39 is 24.3 Å². The molecular formula is C12H21BO4. The van der Waals surface area contributed by atoms with Gasteiger partial charge >= 0.3 is 0 Å². The van der Waals surface area contributed by atoms with Crippen molar-refractivity contribution in [3.63, 3.8) is 0 Å². The second kappa shape index (κ2) is 4.88. The lowest BCUT2D eigenvalue weighted by atomic mass is 9.92. The van der Waals surface area contributed by atoms with Crippen molar-refractivity contribution in [2.45, 2.75) is 63.0 Å². The van der Waals surface area contributed by atoms with Crippen molar-refractivity contribution in [1.29, 1.82) is 0 Å². The molecule has 96 valence electrons. The zero-order valence-electron chi connectivity index (χ0n) is 10.5. The van der Waals surface area contributed by atoms with Crippen LogP contribution in [-0.2, 0) is 9.47 Å². The van der Waals surface area contributed by atoms with Gasteiger partial charge in [0.25, 0.3) is 0 Å². The van der Waals surface area contributed by atoms with E-state index in [4.69, 9.17) is 22.4 Å². The van der Waals surface area contributed by atoms with Crippen molar-refractivity contribution >= 4 is 7.85 Å². The zero-order valence-corrected chi connectivity index (χ0v) is 10.5. The smallest absolute Gasteiger partial charge is 0.112 e. The Morgan fingerprint density at radius 3 is 2.76 bits per heavy atom. The molecule has 2 rings (SSSR count). The Balaban J connectivity index is 1.91. The Bertz CT molecular complexity index is 275. The fourth-order valence-electron chi connectivity index (χ4n) is 2.69. The number of ether oxygens (including phenoxy) is 2. The van der Waals surface area contributed by atoms with Gasteiger partial charge in [0.15, 0.2) is 0 Å². The van der Waals surface area contributed by atoms with Crippen molar-refractivity contribution < 1.29 is 19.7 Å². The Hall–Kier alpha value is -0.0951. The number of rotatable bonds is 5. The van der Waals surface area contributed by atoms with Crippen LogP contribution in [0.1, 0.15) is 33.1 Å². The summed E-state index contributed by atoms with van der Waals surface area (Å²) in [5.41, 5.74) is -0.174. The van der Waals surface area contributed by atoms with E-state index in [1.165, 1.54) is 0 Å². The van der Waals surface area contributed by atoms with Crippen LogP contribution in [0.2, 0.25) is 0 Å². The summed E-state index contributed by atoms with van der Waals surface area (Å²) in [6.07, 6.45) is 1.30. The van der Waals surface area contributed by atoms with E-state index in [2.05, 4.69) is 13.8 Å². The monoisotopic (exact) mass is 240 g/mol. The average molecular weight is 240 g/mol. The molecule has 0 spiro atoms. The standard InChI is InChI=1S/C12H21BO4/c1-3-4-7-5-12(7,2)17-10-9(15)8(6-14)16-11(10)13/h7-11,14-15H,3-6H2,1-2H3. The van der Waals surface area contributed by atoms with Gasteiger partial charge < -0.3 is 19.7 Å². The van der Waals surface area contributed by atoms with Crippen molar-refractivity contribution in [2.75, 3.05) is 6.61 Å². The summed E-state index contributed by atoms with van der Waals surface area (Å²) in [5.74, 6) is 0.556. The fourth-order valence-corrected chi connectivity index (χ4v) is 2.69. The maximum absolute atomic E-state index is 9.94. The molecule has 6 unspecified atom stereocenters. The van der Waals surface area contributed by atoms with E-state index in [1.54, 1.807) is 0 Å². The van der Waals surface area contributed by atoms with E-state index in [0.717, 1.165) is 19.3 Å². The third-order valence-electron chi connectivity index (χ3n) is 3.95. The molecule has 2 aliphatic rings. The van der Waals surface area contributed by atoms with Crippen molar-refractivity contribution in [2.24, 2.45) is 5.92 Å². The maximum Gasteiger partial charge on any atom is 0.112 e. The first-order chi connectivity index (χ1) is 8.01. The molecule has 0 amide bonds. The molecule has 1 heterocycles. The van der Waals surface area contributed by atoms with Gasteiger partial charge in [0, 0.05) is 6.00 Å². The fraction of sp³-hybridized carbons (Fsp3) is 1.00. The number of aliphatic hydroxyl groups is 2. The second-order valence-corrected chi connectivity index (χ2v) is 5.40. The van der Waals surface area contributed by atoms with Crippen LogP contribution in [0.4, 0.5) is 0 Å². The molecule has 0 aromatic heterocycles. The predicted octanol–water partition coefficient (Wildman–Crippen LogP) is 0.197. The van der Waals surface area contributed by atoms with E-state index in [9.17, 15) is 5.11 Å². The topological polar surface area (TPSA) is 58.9 Å². The summed E-state index contributed by atoms with van der Waals surface area (Å²) in [5, 5.41) is 19.0. The van der Waals surface area contributed by atoms with Crippen LogP contribution in [0, 0.1) is 5.92 Å². The highest BCUT2D eigenvalue weighted by molar-refractivity contribution is 6.11. The minimum absolute atomic E-state index is 0.174. The van der Waals surface area contributed by atoms with Gasteiger partial charge in [0.05, 0.1) is 12.2 Å². The Kier molecular flexibility index (Phi) is 3.83. The lowest BCUT2D eigenvalue weighted by Gasteiger charge is -2.24. The first-order valence-electron chi connectivity index (χ1n) is 6.39. The highest BCUT2D eigenvalue weighted by Gasteiger charge is 2.55. The molecule has 6 atom stereocenters. The van der Waals surface area contributed by atoms with Crippen molar-refractivity contribution in [3.8, 4) is 0 Å². The molecule has 1 saturated heterocycles. The highest BCUT2D eigenvalue weighted by Crippen LogP contribution is 2.51. The van der Waals surface area contributed by atoms with Gasteiger partial charge in [0.1, 0.15) is 26.2 Å². The number of aliphatic hydroxyl groups excluding tert-OH is 2. The third kappa shape index (κ3) is 2.52. The molecule has 2 N–H and O–H groups in total. The lowest BCUT2D eigenvalue weighted by molar-refractivity contribution is -0.0790. The largest absolute Gasteiger partial charge is 0.394 e. The van der Waals surface area contributed by atoms with E-state index >= 15 is 0 Å². The molecule has 1 aliphatic carbocycles. The Morgan fingerprint density at radius 1 is 1.53 bits per heavy atom. The van der Waals surface area contributed by atoms with Gasteiger partial charge in [-0.3, -0.25) is 0 Å².